The van der Waals surface area contributed by atoms with Crippen molar-refractivity contribution in [2.24, 2.45) is 0 Å². The molecule has 1 aliphatic rings. The Morgan fingerprint density at radius 1 is 1.11 bits per heavy atom. The monoisotopic (exact) mass is 254 g/mol. The van der Waals surface area contributed by atoms with E-state index in [1.165, 1.54) is 0 Å². The van der Waals surface area contributed by atoms with E-state index in [9.17, 15) is 4.79 Å². The molecule has 3 rings (SSSR count). The number of nitrogens with two attached hydrogens (primary N) is 1. The topological polar surface area (TPSA) is 55.6 Å². The molecule has 0 aromatic heterocycles. The van der Waals surface area contributed by atoms with Gasteiger partial charge in [0, 0.05) is 12.7 Å². The third-order valence-corrected chi connectivity index (χ3v) is 3.24. The molecule has 19 heavy (non-hydrogen) atoms. The van der Waals surface area contributed by atoms with Crippen LogP contribution < -0.4 is 15.4 Å². The Bertz CT molecular complexity index is 680. The van der Waals surface area contributed by atoms with Gasteiger partial charge in [-0.15, -0.1) is 0 Å². The third kappa shape index (κ3) is 1.81. The summed E-state index contributed by atoms with van der Waals surface area (Å²) in [4.78, 5) is 14.0. The van der Waals surface area contributed by atoms with Crippen molar-refractivity contribution in [1.82, 2.24) is 0 Å². The van der Waals surface area contributed by atoms with Gasteiger partial charge in [0.2, 0.25) is 0 Å². The Hall–Kier alpha value is -2.49. The van der Waals surface area contributed by atoms with E-state index in [2.05, 4.69) is 0 Å². The molecule has 2 aromatic rings. The number of ether oxygens (including phenoxy) is 1. The number of nitrogen functional groups attached to an aromatic ring is 1. The fraction of sp³-hybridized carbons (Fsp3) is 0.133. The number of anilines is 2. The van der Waals surface area contributed by atoms with Crippen LogP contribution in [0.4, 0.5) is 11.4 Å². The second-order valence-corrected chi connectivity index (χ2v) is 4.69. The van der Waals surface area contributed by atoms with Crippen molar-refractivity contribution >= 4 is 17.3 Å². The van der Waals surface area contributed by atoms with E-state index >= 15 is 0 Å². The predicted octanol–water partition coefficient (Wildman–Crippen LogP) is 2.96. The van der Waals surface area contributed by atoms with Crippen molar-refractivity contribution in [3.8, 4) is 11.5 Å². The summed E-state index contributed by atoms with van der Waals surface area (Å²) in [5, 5.41) is 0. The first-order valence-electron chi connectivity index (χ1n) is 6.02. The minimum absolute atomic E-state index is 0.120. The molecule has 1 heterocycles. The third-order valence-electron chi connectivity index (χ3n) is 3.24. The number of rotatable bonds is 0. The molecule has 0 unspecified atom stereocenters. The molecule has 96 valence electrons. The summed E-state index contributed by atoms with van der Waals surface area (Å²) in [6, 6.07) is 10.9. The number of amides is 1. The van der Waals surface area contributed by atoms with Crippen LogP contribution in [-0.2, 0) is 0 Å². The summed E-state index contributed by atoms with van der Waals surface area (Å²) in [6.45, 7) is 1.99. The van der Waals surface area contributed by atoms with E-state index in [0.717, 1.165) is 11.3 Å². The van der Waals surface area contributed by atoms with Crippen LogP contribution in [0.25, 0.3) is 0 Å². The van der Waals surface area contributed by atoms with E-state index in [-0.39, 0.29) is 5.91 Å². The summed E-state index contributed by atoms with van der Waals surface area (Å²) >= 11 is 0. The van der Waals surface area contributed by atoms with Gasteiger partial charge in [-0.05, 0) is 42.8 Å². The molecule has 0 saturated carbocycles. The number of fused-ring (bicyclic) bond motifs is 2. The van der Waals surface area contributed by atoms with Crippen molar-refractivity contribution in [2.45, 2.75) is 6.92 Å². The first kappa shape index (κ1) is 11.6. The zero-order chi connectivity index (χ0) is 13.6. The second-order valence-electron chi connectivity index (χ2n) is 4.69. The lowest BCUT2D eigenvalue weighted by molar-refractivity contribution is 0.0993. The maximum Gasteiger partial charge on any atom is 0.261 e. The van der Waals surface area contributed by atoms with Gasteiger partial charge in [0.1, 0.15) is 5.75 Å². The lowest BCUT2D eigenvalue weighted by Gasteiger charge is -2.16. The van der Waals surface area contributed by atoms with E-state index in [1.54, 1.807) is 30.1 Å². The minimum Gasteiger partial charge on any atom is -0.454 e. The van der Waals surface area contributed by atoms with E-state index in [4.69, 9.17) is 10.5 Å². The maximum atomic E-state index is 12.4. The van der Waals surface area contributed by atoms with E-state index in [1.807, 2.05) is 25.1 Å². The molecule has 2 aromatic carbocycles. The molecule has 0 spiro atoms. The Morgan fingerprint density at radius 2 is 1.89 bits per heavy atom. The van der Waals surface area contributed by atoms with Crippen molar-refractivity contribution in [1.29, 1.82) is 0 Å². The highest BCUT2D eigenvalue weighted by Crippen LogP contribution is 2.39. The largest absolute Gasteiger partial charge is 0.454 e. The highest BCUT2D eigenvalue weighted by molar-refractivity contribution is 6.09. The quantitative estimate of drug-likeness (QED) is 0.735. The Balaban J connectivity index is 2.23. The zero-order valence-corrected chi connectivity index (χ0v) is 10.8. The number of aryl methyl sites for hydroxylation is 1. The van der Waals surface area contributed by atoms with Crippen molar-refractivity contribution in [3.63, 3.8) is 0 Å². The first-order chi connectivity index (χ1) is 9.06. The van der Waals surface area contributed by atoms with Crippen LogP contribution in [0.15, 0.2) is 36.4 Å². The normalized spacial score (nSPS) is 13.4. The standard InChI is InChI=1S/C15H14N2O2/c1-9-3-5-12-14(7-9)19-13-6-4-10(16)8-11(13)15(18)17(12)2/h3-8H,16H2,1-2H3. The Morgan fingerprint density at radius 3 is 2.68 bits per heavy atom. The molecule has 0 radical (unpaired) electrons. The van der Waals surface area contributed by atoms with Crippen LogP contribution in [-0.4, -0.2) is 13.0 Å². The summed E-state index contributed by atoms with van der Waals surface area (Å²) in [5.41, 5.74) is 8.61. The number of carbonyl (C=O) groups excluding carboxylic acids is 1. The fourth-order valence-corrected chi connectivity index (χ4v) is 2.19. The molecular weight excluding hydrogens is 240 g/mol. The summed E-state index contributed by atoms with van der Waals surface area (Å²) in [7, 11) is 1.73. The van der Waals surface area contributed by atoms with Crippen molar-refractivity contribution in [3.05, 3.63) is 47.5 Å². The van der Waals surface area contributed by atoms with Crippen LogP contribution in [0, 0.1) is 6.92 Å². The van der Waals surface area contributed by atoms with Gasteiger partial charge in [-0.1, -0.05) is 6.07 Å². The molecule has 0 saturated heterocycles. The van der Waals surface area contributed by atoms with Gasteiger partial charge in [0.25, 0.3) is 5.91 Å². The fourth-order valence-electron chi connectivity index (χ4n) is 2.19. The average molecular weight is 254 g/mol. The predicted molar refractivity (Wildman–Crippen MR) is 74.8 cm³/mol. The molecule has 0 aliphatic carbocycles. The lowest BCUT2D eigenvalue weighted by Crippen LogP contribution is -2.25. The van der Waals surface area contributed by atoms with Crippen molar-refractivity contribution < 1.29 is 9.53 Å². The molecule has 0 bridgehead atoms. The number of nitrogens with zero attached hydrogens (tertiary/aromatic N) is 1. The maximum absolute atomic E-state index is 12.4. The molecular formula is C15H14N2O2. The number of hydrogen-bond donors (Lipinski definition) is 1. The molecule has 2 N–H and O–H groups in total. The van der Waals surface area contributed by atoms with Gasteiger partial charge in [0.15, 0.2) is 5.75 Å². The second kappa shape index (κ2) is 4.02. The molecule has 0 atom stereocenters. The number of carbonyl (C=O) groups is 1. The van der Waals surface area contributed by atoms with Crippen LogP contribution in [0.5, 0.6) is 11.5 Å². The zero-order valence-electron chi connectivity index (χ0n) is 10.8. The van der Waals surface area contributed by atoms with E-state index < -0.39 is 0 Å². The Kier molecular flexibility index (Phi) is 2.45. The van der Waals surface area contributed by atoms with Crippen LogP contribution in [0.1, 0.15) is 15.9 Å². The molecule has 4 heteroatoms. The van der Waals surface area contributed by atoms with Crippen LogP contribution in [0.3, 0.4) is 0 Å². The SMILES string of the molecule is Cc1ccc2c(c1)Oc1ccc(N)cc1C(=O)N2C. The summed E-state index contributed by atoms with van der Waals surface area (Å²) in [6.07, 6.45) is 0. The highest BCUT2D eigenvalue weighted by Gasteiger charge is 2.25. The lowest BCUT2D eigenvalue weighted by atomic mass is 10.1. The Labute approximate surface area is 111 Å². The molecule has 4 nitrogen and oxygen atoms in total. The number of benzene rings is 2. The first-order valence-corrected chi connectivity index (χ1v) is 6.02. The van der Waals surface area contributed by atoms with Gasteiger partial charge in [-0.2, -0.15) is 0 Å². The van der Waals surface area contributed by atoms with E-state index in [0.29, 0.717) is 22.7 Å². The van der Waals surface area contributed by atoms with Crippen LogP contribution >= 0.6 is 0 Å². The average Bonchev–Trinajstić information content (AvgIpc) is 2.48. The highest BCUT2D eigenvalue weighted by atomic mass is 16.5. The van der Waals surface area contributed by atoms with Gasteiger partial charge in [-0.25, -0.2) is 0 Å². The molecule has 0 fully saturated rings. The van der Waals surface area contributed by atoms with Crippen LogP contribution in [0.2, 0.25) is 0 Å². The van der Waals surface area contributed by atoms with Gasteiger partial charge >= 0.3 is 0 Å². The minimum atomic E-state index is -0.120. The smallest absolute Gasteiger partial charge is 0.261 e. The van der Waals surface area contributed by atoms with Gasteiger partial charge in [0.05, 0.1) is 11.3 Å². The van der Waals surface area contributed by atoms with Crippen molar-refractivity contribution in [2.75, 3.05) is 17.7 Å². The summed E-state index contributed by atoms with van der Waals surface area (Å²) in [5.74, 6) is 1.10. The summed E-state index contributed by atoms with van der Waals surface area (Å²) < 4.78 is 5.86. The molecule has 1 amide bonds. The van der Waals surface area contributed by atoms with Gasteiger partial charge < -0.3 is 15.4 Å². The number of hydrogen-bond acceptors (Lipinski definition) is 3. The molecule has 1 aliphatic heterocycles. The van der Waals surface area contributed by atoms with Gasteiger partial charge in [-0.3, -0.25) is 4.79 Å².